The van der Waals surface area contributed by atoms with Crippen LogP contribution in [-0.2, 0) is 22.9 Å². The van der Waals surface area contributed by atoms with Crippen LogP contribution in [-0.4, -0.2) is 27.5 Å². The summed E-state index contributed by atoms with van der Waals surface area (Å²) in [6, 6.07) is 6.24. The molecular weight excluding hydrogens is 400 g/mol. The average Bonchev–Trinajstić information content (AvgIpc) is 3.08. The second kappa shape index (κ2) is 8.10. The Bertz CT molecular complexity index is 959. The van der Waals surface area contributed by atoms with Gasteiger partial charge in [0.1, 0.15) is 13.2 Å². The number of thiophene rings is 1. The van der Waals surface area contributed by atoms with E-state index in [4.69, 9.17) is 9.47 Å². The molecule has 0 saturated carbocycles. The number of nitrogens with one attached hydrogen (secondary N) is 2. The molecule has 0 bridgehead atoms. The number of fused-ring (bicyclic) bond motifs is 2. The van der Waals surface area contributed by atoms with Crippen molar-refractivity contribution < 1.29 is 22.7 Å². The first-order valence-electron chi connectivity index (χ1n) is 9.36. The fourth-order valence-corrected chi connectivity index (χ4v) is 5.38. The average molecular weight is 423 g/mol. The summed E-state index contributed by atoms with van der Waals surface area (Å²) in [5.41, 5.74) is 3.53. The maximum atomic E-state index is 12.5. The summed E-state index contributed by atoms with van der Waals surface area (Å²) in [4.78, 5) is 16.4. The number of hydrogen-bond donors (Lipinski definition) is 2. The van der Waals surface area contributed by atoms with E-state index in [1.165, 1.54) is 46.8 Å². The van der Waals surface area contributed by atoms with E-state index in [2.05, 4.69) is 10.3 Å². The van der Waals surface area contributed by atoms with Gasteiger partial charge in [0.25, 0.3) is 15.9 Å². The van der Waals surface area contributed by atoms with Crippen molar-refractivity contribution in [2.75, 3.05) is 13.2 Å². The molecule has 7 nitrogen and oxygen atoms in total. The minimum Gasteiger partial charge on any atom is -0.486 e. The molecule has 2 heterocycles. The predicted octanol–water partition coefficient (Wildman–Crippen LogP) is 2.80. The topological polar surface area (TPSA) is 93.7 Å². The monoisotopic (exact) mass is 422 g/mol. The number of amides is 1. The minimum atomic E-state index is -3.92. The molecule has 2 N–H and O–H groups in total. The van der Waals surface area contributed by atoms with E-state index in [0.717, 1.165) is 25.7 Å². The molecule has 1 amide bonds. The highest BCUT2D eigenvalue weighted by Crippen LogP contribution is 2.32. The molecule has 1 aromatic carbocycles. The van der Waals surface area contributed by atoms with Crippen LogP contribution in [0.2, 0.25) is 0 Å². The molecule has 1 aliphatic carbocycles. The normalized spacial score (nSPS) is 16.6. The van der Waals surface area contributed by atoms with Gasteiger partial charge in [-0.1, -0.05) is 12.8 Å². The van der Waals surface area contributed by atoms with Crippen LogP contribution in [0.4, 0.5) is 0 Å². The van der Waals surface area contributed by atoms with E-state index >= 15 is 0 Å². The van der Waals surface area contributed by atoms with Crippen molar-refractivity contribution in [3.05, 3.63) is 39.6 Å². The molecule has 2 aliphatic rings. The zero-order valence-electron chi connectivity index (χ0n) is 15.3. The van der Waals surface area contributed by atoms with Crippen LogP contribution in [0.3, 0.4) is 0 Å². The quantitative estimate of drug-likeness (QED) is 0.739. The molecule has 28 heavy (non-hydrogen) atoms. The zero-order valence-corrected chi connectivity index (χ0v) is 17.0. The summed E-state index contributed by atoms with van der Waals surface area (Å²) in [6.07, 6.45) is 6.64. The van der Waals surface area contributed by atoms with Gasteiger partial charge in [-0.2, -0.15) is 0 Å². The lowest BCUT2D eigenvalue weighted by Gasteiger charge is -2.18. The van der Waals surface area contributed by atoms with E-state index in [-0.39, 0.29) is 4.90 Å². The van der Waals surface area contributed by atoms with E-state index in [9.17, 15) is 13.2 Å². The Hall–Kier alpha value is -2.10. The number of sulfonamides is 1. The molecule has 0 fully saturated rings. The molecule has 0 radical (unpaired) electrons. The molecule has 2 aromatic rings. The third-order valence-electron chi connectivity index (χ3n) is 4.84. The van der Waals surface area contributed by atoms with Gasteiger partial charge in [-0.05, 0) is 49.4 Å². The molecule has 4 rings (SSSR count). The van der Waals surface area contributed by atoms with Crippen molar-refractivity contribution in [1.29, 1.82) is 0 Å². The lowest BCUT2D eigenvalue weighted by molar-refractivity contribution is 0.0949. The maximum Gasteiger partial charge on any atom is 0.276 e. The Morgan fingerprint density at radius 1 is 0.964 bits per heavy atom. The Morgan fingerprint density at radius 3 is 2.54 bits per heavy atom. The van der Waals surface area contributed by atoms with Crippen molar-refractivity contribution in [2.45, 2.75) is 43.4 Å². The Kier molecular flexibility index (Phi) is 5.56. The fraction of sp³-hybridized carbons (Fsp3) is 0.421. The number of hydrogen-bond acceptors (Lipinski definition) is 6. The molecule has 1 aliphatic heterocycles. The van der Waals surface area contributed by atoms with Crippen LogP contribution in [0.5, 0.6) is 11.5 Å². The van der Waals surface area contributed by atoms with Crippen molar-refractivity contribution >= 4 is 27.3 Å². The predicted molar refractivity (Wildman–Crippen MR) is 105 cm³/mol. The Balaban J connectivity index is 1.44. The van der Waals surface area contributed by atoms with E-state index in [1.807, 2.05) is 6.07 Å². The summed E-state index contributed by atoms with van der Waals surface area (Å²) < 4.78 is 35.9. The highest BCUT2D eigenvalue weighted by molar-refractivity contribution is 7.89. The van der Waals surface area contributed by atoms with Gasteiger partial charge in [0.05, 0.1) is 9.77 Å². The van der Waals surface area contributed by atoms with Crippen LogP contribution >= 0.6 is 11.3 Å². The van der Waals surface area contributed by atoms with E-state index in [1.54, 1.807) is 6.07 Å². The smallest absolute Gasteiger partial charge is 0.276 e. The number of aryl methyl sites for hydroxylation is 2. The first kappa shape index (κ1) is 19.2. The largest absolute Gasteiger partial charge is 0.486 e. The molecule has 9 heteroatoms. The standard InChI is InChI=1S/C19H22N2O5S2/c22-19(18-11-13-5-3-1-2-4-6-17(13)27-18)20-21-28(23,24)14-7-8-15-16(12-14)26-10-9-25-15/h7-8,11-12,21H,1-6,9-10H2,(H,20,22). The summed E-state index contributed by atoms with van der Waals surface area (Å²) in [7, 11) is -3.92. The van der Waals surface area contributed by atoms with Gasteiger partial charge in [-0.3, -0.25) is 10.2 Å². The molecule has 150 valence electrons. The van der Waals surface area contributed by atoms with Crippen molar-refractivity contribution in [2.24, 2.45) is 0 Å². The molecule has 0 saturated heterocycles. The van der Waals surface area contributed by atoms with Crippen LogP contribution in [0.1, 0.15) is 45.8 Å². The van der Waals surface area contributed by atoms with Crippen LogP contribution in [0, 0.1) is 0 Å². The van der Waals surface area contributed by atoms with Gasteiger partial charge in [0.2, 0.25) is 0 Å². The molecule has 0 spiro atoms. The number of carbonyl (C=O) groups is 1. The second-order valence-corrected chi connectivity index (χ2v) is 9.66. The minimum absolute atomic E-state index is 0.00417. The summed E-state index contributed by atoms with van der Waals surface area (Å²) in [5, 5.41) is 0. The maximum absolute atomic E-state index is 12.5. The summed E-state index contributed by atoms with van der Waals surface area (Å²) in [5.74, 6) is 0.432. The second-order valence-electron chi connectivity index (χ2n) is 6.84. The molecular formula is C19H22N2O5S2. The van der Waals surface area contributed by atoms with Gasteiger partial charge in [-0.15, -0.1) is 16.2 Å². The van der Waals surface area contributed by atoms with Crippen molar-refractivity contribution in [3.63, 3.8) is 0 Å². The van der Waals surface area contributed by atoms with Gasteiger partial charge in [0, 0.05) is 10.9 Å². The third kappa shape index (κ3) is 4.16. The van der Waals surface area contributed by atoms with Crippen LogP contribution < -0.4 is 19.7 Å². The summed E-state index contributed by atoms with van der Waals surface area (Å²) >= 11 is 1.45. The number of hydrazine groups is 1. The highest BCUT2D eigenvalue weighted by atomic mass is 32.2. The Labute approximate surface area is 168 Å². The van der Waals surface area contributed by atoms with Gasteiger partial charge in [-0.25, -0.2) is 8.42 Å². The number of carbonyl (C=O) groups excluding carboxylic acids is 1. The van der Waals surface area contributed by atoms with E-state index in [0.29, 0.717) is 29.6 Å². The van der Waals surface area contributed by atoms with Crippen molar-refractivity contribution in [3.8, 4) is 11.5 Å². The lowest BCUT2D eigenvalue weighted by Crippen LogP contribution is -2.41. The third-order valence-corrected chi connectivity index (χ3v) is 7.32. The van der Waals surface area contributed by atoms with Gasteiger partial charge >= 0.3 is 0 Å². The molecule has 0 unspecified atom stereocenters. The van der Waals surface area contributed by atoms with Gasteiger partial charge < -0.3 is 9.47 Å². The number of ether oxygens (including phenoxy) is 2. The molecule has 0 atom stereocenters. The van der Waals surface area contributed by atoms with E-state index < -0.39 is 15.9 Å². The molecule has 1 aromatic heterocycles. The van der Waals surface area contributed by atoms with Crippen LogP contribution in [0.15, 0.2) is 29.2 Å². The Morgan fingerprint density at radius 2 is 1.71 bits per heavy atom. The first-order valence-corrected chi connectivity index (χ1v) is 11.7. The first-order chi connectivity index (χ1) is 13.5. The zero-order chi connectivity index (χ0) is 19.6. The SMILES string of the molecule is O=C(NNS(=O)(=O)c1ccc2c(c1)OCCO2)c1cc2c(s1)CCCCCC2. The number of benzene rings is 1. The van der Waals surface area contributed by atoms with Crippen molar-refractivity contribution in [1.82, 2.24) is 10.3 Å². The highest BCUT2D eigenvalue weighted by Gasteiger charge is 2.21. The lowest BCUT2D eigenvalue weighted by atomic mass is 10.00. The number of rotatable bonds is 4. The van der Waals surface area contributed by atoms with Crippen LogP contribution in [0.25, 0.3) is 0 Å². The summed E-state index contributed by atoms with van der Waals surface area (Å²) in [6.45, 7) is 0.794. The fourth-order valence-electron chi connectivity index (χ4n) is 3.38. The van der Waals surface area contributed by atoms with Gasteiger partial charge in [0.15, 0.2) is 11.5 Å².